The van der Waals surface area contributed by atoms with Gasteiger partial charge in [-0.2, -0.15) is 5.26 Å². The predicted molar refractivity (Wildman–Crippen MR) is 61.4 cm³/mol. The molecule has 0 amide bonds. The van der Waals surface area contributed by atoms with E-state index in [1.54, 1.807) is 0 Å². The summed E-state index contributed by atoms with van der Waals surface area (Å²) in [6, 6.07) is 14.2. The van der Waals surface area contributed by atoms with E-state index in [9.17, 15) is 0 Å². The Bertz CT molecular complexity index is 524. The Labute approximate surface area is 88.9 Å². The van der Waals surface area contributed by atoms with Gasteiger partial charge >= 0.3 is 0 Å². The number of nitrogens with two attached hydrogens (primary N) is 1. The van der Waals surface area contributed by atoms with Crippen LogP contribution in [0.4, 0.5) is 0 Å². The van der Waals surface area contributed by atoms with Gasteiger partial charge in [-0.25, -0.2) is 0 Å². The number of nitriles is 1. The molecule has 0 bridgehead atoms. The first kappa shape index (κ1) is 9.70. The summed E-state index contributed by atoms with van der Waals surface area (Å²) in [5.74, 6) is 0. The van der Waals surface area contributed by atoms with Crippen LogP contribution in [0.1, 0.15) is 11.1 Å². The Balaban J connectivity index is 2.74. The van der Waals surface area contributed by atoms with E-state index in [0.717, 1.165) is 22.9 Å². The molecule has 0 radical (unpaired) electrons. The summed E-state index contributed by atoms with van der Waals surface area (Å²) in [5.41, 5.74) is 7.37. The van der Waals surface area contributed by atoms with Crippen LogP contribution in [-0.2, 0) is 6.42 Å². The van der Waals surface area contributed by atoms with Crippen molar-refractivity contribution in [3.05, 3.63) is 47.5 Å². The molecule has 0 fully saturated rings. The van der Waals surface area contributed by atoms with Gasteiger partial charge in [-0.05, 0) is 35.4 Å². The largest absolute Gasteiger partial charge is 0.330 e. The van der Waals surface area contributed by atoms with Crippen molar-refractivity contribution in [3.63, 3.8) is 0 Å². The van der Waals surface area contributed by atoms with E-state index in [-0.39, 0.29) is 0 Å². The molecule has 0 heterocycles. The molecule has 74 valence electrons. The van der Waals surface area contributed by atoms with Gasteiger partial charge in [-0.1, -0.05) is 30.3 Å². The van der Waals surface area contributed by atoms with E-state index in [1.807, 2.05) is 30.3 Å². The molecule has 2 nitrogen and oxygen atoms in total. The minimum atomic E-state index is 0.572. The molecule has 0 spiro atoms. The molecular weight excluding hydrogens is 184 g/mol. The molecule has 2 aromatic rings. The number of fused-ring (bicyclic) bond motifs is 1. The van der Waals surface area contributed by atoms with Gasteiger partial charge in [0.1, 0.15) is 0 Å². The van der Waals surface area contributed by atoms with Crippen LogP contribution in [0.3, 0.4) is 0 Å². The highest BCUT2D eigenvalue weighted by atomic mass is 14.5. The smallest absolute Gasteiger partial charge is 0.0994 e. The number of hydrogen-bond donors (Lipinski definition) is 1. The van der Waals surface area contributed by atoms with Crippen LogP contribution < -0.4 is 5.73 Å². The van der Waals surface area contributed by atoms with Crippen molar-refractivity contribution in [2.45, 2.75) is 6.42 Å². The van der Waals surface area contributed by atoms with E-state index in [2.05, 4.69) is 12.1 Å². The third-order valence-electron chi connectivity index (χ3n) is 2.56. The van der Waals surface area contributed by atoms with Gasteiger partial charge in [0.25, 0.3) is 0 Å². The molecular formula is C13H12N2. The fourth-order valence-corrected chi connectivity index (χ4v) is 1.85. The molecule has 2 N–H and O–H groups in total. The minimum Gasteiger partial charge on any atom is -0.330 e. The molecule has 0 aliphatic carbocycles. The van der Waals surface area contributed by atoms with Crippen LogP contribution in [0.5, 0.6) is 0 Å². The second kappa shape index (κ2) is 4.12. The molecule has 0 aromatic heterocycles. The molecule has 2 heteroatoms. The Morgan fingerprint density at radius 2 is 1.93 bits per heavy atom. The SMILES string of the molecule is N#Cc1ccc2ccccc2c1CCN. The van der Waals surface area contributed by atoms with E-state index in [4.69, 9.17) is 11.0 Å². The molecule has 15 heavy (non-hydrogen) atoms. The third-order valence-corrected chi connectivity index (χ3v) is 2.56. The third kappa shape index (κ3) is 1.70. The average Bonchev–Trinajstić information content (AvgIpc) is 2.30. The van der Waals surface area contributed by atoms with Crippen molar-refractivity contribution in [1.29, 1.82) is 5.26 Å². The summed E-state index contributed by atoms with van der Waals surface area (Å²) in [4.78, 5) is 0. The average molecular weight is 196 g/mol. The lowest BCUT2D eigenvalue weighted by molar-refractivity contribution is 0.973. The Kier molecular flexibility index (Phi) is 2.66. The second-order valence-electron chi connectivity index (χ2n) is 3.46. The molecule has 0 saturated heterocycles. The molecule has 2 aromatic carbocycles. The van der Waals surface area contributed by atoms with Gasteiger partial charge < -0.3 is 5.73 Å². The van der Waals surface area contributed by atoms with Gasteiger partial charge in [0.05, 0.1) is 11.6 Å². The van der Waals surface area contributed by atoms with Gasteiger partial charge in [-0.15, -0.1) is 0 Å². The lowest BCUT2D eigenvalue weighted by Crippen LogP contribution is -2.04. The van der Waals surface area contributed by atoms with Crippen molar-refractivity contribution < 1.29 is 0 Å². The van der Waals surface area contributed by atoms with Crippen LogP contribution in [-0.4, -0.2) is 6.54 Å². The minimum absolute atomic E-state index is 0.572. The van der Waals surface area contributed by atoms with Crippen LogP contribution in [0.15, 0.2) is 36.4 Å². The standard InChI is InChI=1S/C13H12N2/c14-8-7-13-11(9-15)6-5-10-3-1-2-4-12(10)13/h1-6H,7-8,14H2. The van der Waals surface area contributed by atoms with E-state index in [0.29, 0.717) is 6.54 Å². The Morgan fingerprint density at radius 1 is 1.13 bits per heavy atom. The van der Waals surface area contributed by atoms with Crippen LogP contribution in [0, 0.1) is 11.3 Å². The molecule has 0 aliphatic rings. The summed E-state index contributed by atoms with van der Waals surface area (Å²) in [6.07, 6.45) is 0.754. The zero-order valence-electron chi connectivity index (χ0n) is 8.40. The second-order valence-corrected chi connectivity index (χ2v) is 3.46. The highest BCUT2D eigenvalue weighted by Gasteiger charge is 2.05. The maximum absolute atomic E-state index is 9.01. The first-order chi connectivity index (χ1) is 7.36. The highest BCUT2D eigenvalue weighted by Crippen LogP contribution is 2.22. The van der Waals surface area contributed by atoms with Crippen molar-refractivity contribution in [1.82, 2.24) is 0 Å². The zero-order valence-corrected chi connectivity index (χ0v) is 8.40. The fraction of sp³-hybridized carbons (Fsp3) is 0.154. The number of rotatable bonds is 2. The maximum Gasteiger partial charge on any atom is 0.0994 e. The topological polar surface area (TPSA) is 49.8 Å². The molecule has 0 unspecified atom stereocenters. The van der Waals surface area contributed by atoms with Gasteiger partial charge in [0.2, 0.25) is 0 Å². The number of hydrogen-bond acceptors (Lipinski definition) is 2. The van der Waals surface area contributed by atoms with Gasteiger partial charge in [-0.3, -0.25) is 0 Å². The van der Waals surface area contributed by atoms with E-state index >= 15 is 0 Å². The lowest BCUT2D eigenvalue weighted by Gasteiger charge is -2.07. The molecule has 0 aliphatic heterocycles. The van der Waals surface area contributed by atoms with Crippen molar-refractivity contribution >= 4 is 10.8 Å². The van der Waals surface area contributed by atoms with E-state index in [1.165, 1.54) is 5.39 Å². The van der Waals surface area contributed by atoms with E-state index < -0.39 is 0 Å². The summed E-state index contributed by atoms with van der Waals surface area (Å²) in [6.45, 7) is 0.572. The quantitative estimate of drug-likeness (QED) is 0.800. The predicted octanol–water partition coefficient (Wildman–Crippen LogP) is 2.21. The van der Waals surface area contributed by atoms with Crippen LogP contribution in [0.25, 0.3) is 10.8 Å². The van der Waals surface area contributed by atoms with Crippen molar-refractivity contribution in [2.24, 2.45) is 5.73 Å². The number of benzene rings is 2. The first-order valence-corrected chi connectivity index (χ1v) is 4.97. The Morgan fingerprint density at radius 3 is 2.67 bits per heavy atom. The van der Waals surface area contributed by atoms with Crippen molar-refractivity contribution in [2.75, 3.05) is 6.54 Å². The summed E-state index contributed by atoms with van der Waals surface area (Å²) in [7, 11) is 0. The molecule has 0 saturated carbocycles. The summed E-state index contributed by atoms with van der Waals surface area (Å²) >= 11 is 0. The van der Waals surface area contributed by atoms with Gasteiger partial charge in [0.15, 0.2) is 0 Å². The monoisotopic (exact) mass is 196 g/mol. The molecule has 0 atom stereocenters. The first-order valence-electron chi connectivity index (χ1n) is 4.97. The maximum atomic E-state index is 9.01. The van der Waals surface area contributed by atoms with Crippen LogP contribution >= 0.6 is 0 Å². The highest BCUT2D eigenvalue weighted by molar-refractivity contribution is 5.87. The lowest BCUT2D eigenvalue weighted by atomic mass is 9.97. The Hall–Kier alpha value is -1.85. The normalized spacial score (nSPS) is 10.1. The van der Waals surface area contributed by atoms with Crippen LogP contribution in [0.2, 0.25) is 0 Å². The van der Waals surface area contributed by atoms with Crippen molar-refractivity contribution in [3.8, 4) is 6.07 Å². The zero-order chi connectivity index (χ0) is 10.7. The summed E-state index contributed by atoms with van der Waals surface area (Å²) in [5, 5.41) is 11.3. The molecule has 2 rings (SSSR count). The summed E-state index contributed by atoms with van der Waals surface area (Å²) < 4.78 is 0. The number of nitrogens with zero attached hydrogens (tertiary/aromatic N) is 1. The fourth-order valence-electron chi connectivity index (χ4n) is 1.85. The van der Waals surface area contributed by atoms with Gasteiger partial charge in [0, 0.05) is 0 Å².